The average Bonchev–Trinajstić information content (AvgIpc) is 3.47. The summed E-state index contributed by atoms with van der Waals surface area (Å²) in [5.74, 6) is -2.98. The number of benzene rings is 2. The third-order valence-electron chi connectivity index (χ3n) is 5.24. The predicted molar refractivity (Wildman–Crippen MR) is 107 cm³/mol. The maximum atomic E-state index is 14.5. The van der Waals surface area contributed by atoms with Crippen molar-refractivity contribution in [2.45, 2.75) is 12.5 Å². The molecule has 8 nitrogen and oxygen atoms in total. The minimum absolute atomic E-state index is 0.0184. The minimum Gasteiger partial charge on any atom is -0.354 e. The first-order valence-corrected chi connectivity index (χ1v) is 9.68. The lowest BCUT2D eigenvalue weighted by molar-refractivity contribution is -0.120. The van der Waals surface area contributed by atoms with Crippen molar-refractivity contribution in [1.82, 2.24) is 30.6 Å². The van der Waals surface area contributed by atoms with Crippen molar-refractivity contribution in [1.29, 1.82) is 0 Å². The molecule has 0 spiro atoms. The Bertz CT molecular complexity index is 1360. The lowest BCUT2D eigenvalue weighted by Gasteiger charge is -2.07. The van der Waals surface area contributed by atoms with Gasteiger partial charge in [-0.1, -0.05) is 5.21 Å². The van der Waals surface area contributed by atoms with Crippen molar-refractivity contribution in [2.24, 2.45) is 0 Å². The van der Waals surface area contributed by atoms with Crippen LogP contribution in [-0.4, -0.2) is 44.4 Å². The molecule has 1 saturated heterocycles. The molecule has 3 heterocycles. The lowest BCUT2D eigenvalue weighted by atomic mass is 10.1. The number of rotatable bonds is 4. The number of carbonyl (C=O) groups excluding carboxylic acids is 2. The van der Waals surface area contributed by atoms with Gasteiger partial charge in [-0.3, -0.25) is 9.59 Å². The van der Waals surface area contributed by atoms with Crippen LogP contribution in [0.25, 0.3) is 27.8 Å². The van der Waals surface area contributed by atoms with Gasteiger partial charge in [-0.05, 0) is 36.8 Å². The highest BCUT2D eigenvalue weighted by molar-refractivity contribution is 5.98. The lowest BCUT2D eigenvalue weighted by Crippen LogP contribution is -2.40. The Hall–Kier alpha value is -4.15. The molecule has 2 aromatic carbocycles. The maximum Gasteiger partial charge on any atom is 0.274 e. The maximum absolute atomic E-state index is 14.5. The highest BCUT2D eigenvalue weighted by Crippen LogP contribution is 2.35. The number of halogens is 3. The van der Waals surface area contributed by atoms with E-state index in [4.69, 9.17) is 0 Å². The van der Waals surface area contributed by atoms with Crippen LogP contribution in [0.3, 0.4) is 0 Å². The Morgan fingerprint density at radius 3 is 2.62 bits per heavy atom. The van der Waals surface area contributed by atoms with Crippen molar-refractivity contribution >= 4 is 22.7 Å². The fourth-order valence-corrected chi connectivity index (χ4v) is 3.71. The van der Waals surface area contributed by atoms with E-state index in [9.17, 15) is 22.8 Å². The number of aromatic amines is 1. The van der Waals surface area contributed by atoms with Crippen LogP contribution in [0.5, 0.6) is 0 Å². The fourth-order valence-electron chi connectivity index (χ4n) is 3.71. The van der Waals surface area contributed by atoms with Gasteiger partial charge < -0.3 is 15.6 Å². The van der Waals surface area contributed by atoms with Crippen LogP contribution >= 0.6 is 0 Å². The molecule has 1 fully saturated rings. The number of aromatic nitrogens is 4. The summed E-state index contributed by atoms with van der Waals surface area (Å²) in [5, 5.41) is 13.2. The molecule has 1 aliphatic rings. The predicted octanol–water partition coefficient (Wildman–Crippen LogP) is 2.45. The molecule has 0 radical (unpaired) electrons. The van der Waals surface area contributed by atoms with Gasteiger partial charge in [-0.15, -0.1) is 5.10 Å². The average molecular weight is 440 g/mol. The van der Waals surface area contributed by atoms with Gasteiger partial charge in [-0.25, -0.2) is 17.9 Å². The molecule has 11 heteroatoms. The third kappa shape index (κ3) is 3.37. The Labute approximate surface area is 178 Å². The van der Waals surface area contributed by atoms with Crippen molar-refractivity contribution in [3.8, 4) is 16.9 Å². The largest absolute Gasteiger partial charge is 0.354 e. The van der Waals surface area contributed by atoms with Crippen LogP contribution in [-0.2, 0) is 4.79 Å². The summed E-state index contributed by atoms with van der Waals surface area (Å²) in [6.45, 7) is 0.462. The van der Waals surface area contributed by atoms with Crippen molar-refractivity contribution in [3.63, 3.8) is 0 Å². The van der Waals surface area contributed by atoms with Gasteiger partial charge in [-0.2, -0.15) is 0 Å². The summed E-state index contributed by atoms with van der Waals surface area (Å²) >= 11 is 0. The van der Waals surface area contributed by atoms with Gasteiger partial charge in [0.15, 0.2) is 5.69 Å². The van der Waals surface area contributed by atoms with E-state index in [1.165, 1.54) is 35.1 Å². The topological polar surface area (TPSA) is 105 Å². The number of hydrogen-bond donors (Lipinski definition) is 3. The SMILES string of the molecule is O=C(N[C@H]1CCNC1=O)c1cn(-c2c(-c3ccc(F)cc3)[nH]c3c(F)cc(F)cc23)nn1. The second kappa shape index (κ2) is 7.52. The number of carbonyl (C=O) groups is 2. The van der Waals surface area contributed by atoms with Crippen LogP contribution in [0.2, 0.25) is 0 Å². The van der Waals surface area contributed by atoms with Gasteiger partial charge in [0.25, 0.3) is 5.91 Å². The minimum atomic E-state index is -0.820. The van der Waals surface area contributed by atoms with Gasteiger partial charge in [0.1, 0.15) is 23.5 Å². The molecule has 5 rings (SSSR count). The molecule has 32 heavy (non-hydrogen) atoms. The number of fused-ring (bicyclic) bond motifs is 1. The van der Waals surface area contributed by atoms with Gasteiger partial charge in [0, 0.05) is 23.6 Å². The third-order valence-corrected chi connectivity index (χ3v) is 5.24. The summed E-state index contributed by atoms with van der Waals surface area (Å²) in [4.78, 5) is 27.1. The molecule has 162 valence electrons. The molecule has 0 bridgehead atoms. The first-order valence-electron chi connectivity index (χ1n) is 9.68. The van der Waals surface area contributed by atoms with Crippen molar-refractivity contribution < 1.29 is 22.8 Å². The number of hydrogen-bond acceptors (Lipinski definition) is 4. The second-order valence-corrected chi connectivity index (χ2v) is 7.32. The normalized spacial score (nSPS) is 15.8. The van der Waals surface area contributed by atoms with E-state index in [1.54, 1.807) is 0 Å². The van der Waals surface area contributed by atoms with Crippen LogP contribution < -0.4 is 10.6 Å². The first-order chi connectivity index (χ1) is 15.4. The standard InChI is InChI=1S/C21H15F3N6O2/c22-11-3-1-10(2-4-11)17-19(13-7-12(23)8-14(24)18(13)27-17)30-9-16(28-29-30)21(32)26-15-5-6-25-20(15)31/h1-4,7-9,15,27H,5-6H2,(H,25,31)(H,26,32)/t15-/m0/s1. The van der Waals surface area contributed by atoms with E-state index in [0.29, 0.717) is 24.2 Å². The molecule has 4 aromatic rings. The molecular formula is C21H15F3N6O2. The zero-order valence-corrected chi connectivity index (χ0v) is 16.3. The zero-order valence-electron chi connectivity index (χ0n) is 16.3. The molecular weight excluding hydrogens is 425 g/mol. The molecule has 3 N–H and O–H groups in total. The number of nitrogens with zero attached hydrogens (tertiary/aromatic N) is 3. The van der Waals surface area contributed by atoms with E-state index < -0.39 is 29.4 Å². The fraction of sp³-hybridized carbons (Fsp3) is 0.143. The summed E-state index contributed by atoms with van der Waals surface area (Å²) < 4.78 is 43.1. The van der Waals surface area contributed by atoms with Crippen molar-refractivity contribution in [2.75, 3.05) is 6.54 Å². The van der Waals surface area contributed by atoms with Crippen molar-refractivity contribution in [3.05, 3.63) is 65.7 Å². The van der Waals surface area contributed by atoms with E-state index in [2.05, 4.69) is 25.9 Å². The van der Waals surface area contributed by atoms with Gasteiger partial charge in [0.05, 0.1) is 23.1 Å². The Balaban J connectivity index is 1.60. The molecule has 1 atom stereocenters. The zero-order chi connectivity index (χ0) is 22.4. The van der Waals surface area contributed by atoms with Gasteiger partial charge >= 0.3 is 0 Å². The quantitative estimate of drug-likeness (QED) is 0.453. The second-order valence-electron chi connectivity index (χ2n) is 7.32. The summed E-state index contributed by atoms with van der Waals surface area (Å²) in [7, 11) is 0. The van der Waals surface area contributed by atoms with Crippen LogP contribution in [0.15, 0.2) is 42.6 Å². The molecule has 0 unspecified atom stereocenters. The highest BCUT2D eigenvalue weighted by Gasteiger charge is 2.27. The number of nitrogens with one attached hydrogen (secondary N) is 3. The highest BCUT2D eigenvalue weighted by atomic mass is 19.1. The van der Waals surface area contributed by atoms with E-state index in [-0.39, 0.29) is 28.2 Å². The first kappa shape index (κ1) is 19.8. The summed E-state index contributed by atoms with van der Waals surface area (Å²) in [6.07, 6.45) is 1.75. The smallest absolute Gasteiger partial charge is 0.274 e. The molecule has 0 saturated carbocycles. The summed E-state index contributed by atoms with van der Waals surface area (Å²) in [5.41, 5.74) is 0.985. The van der Waals surface area contributed by atoms with E-state index >= 15 is 0 Å². The Morgan fingerprint density at radius 1 is 1.12 bits per heavy atom. The molecule has 2 amide bonds. The monoisotopic (exact) mass is 440 g/mol. The van der Waals surface area contributed by atoms with Crippen LogP contribution in [0, 0.1) is 17.5 Å². The molecule has 2 aromatic heterocycles. The molecule has 0 aliphatic carbocycles. The summed E-state index contributed by atoms with van der Waals surface area (Å²) in [6, 6.07) is 6.61. The van der Waals surface area contributed by atoms with Crippen LogP contribution in [0.1, 0.15) is 16.9 Å². The van der Waals surface area contributed by atoms with E-state index in [1.807, 2.05) is 0 Å². The Kier molecular flexibility index (Phi) is 4.65. The number of H-pyrrole nitrogens is 1. The Morgan fingerprint density at radius 2 is 1.91 bits per heavy atom. The molecule has 1 aliphatic heterocycles. The van der Waals surface area contributed by atoms with E-state index in [0.717, 1.165) is 12.1 Å². The van der Waals surface area contributed by atoms with Gasteiger partial charge in [0.2, 0.25) is 5.91 Å². The van der Waals surface area contributed by atoms with Crippen LogP contribution in [0.4, 0.5) is 13.2 Å². The number of amides is 2.